The van der Waals surface area contributed by atoms with E-state index in [2.05, 4.69) is 24.6 Å². The summed E-state index contributed by atoms with van der Waals surface area (Å²) in [5.41, 5.74) is 4.61. The van der Waals surface area contributed by atoms with Crippen LogP contribution in [-0.2, 0) is 11.0 Å². The molecule has 6 heteroatoms. The van der Waals surface area contributed by atoms with Crippen molar-refractivity contribution in [1.82, 2.24) is 4.90 Å². The highest BCUT2D eigenvalue weighted by Crippen LogP contribution is 2.33. The number of benzene rings is 1. The molecule has 1 aromatic carbocycles. The number of hydrogen-bond donors (Lipinski definition) is 1. The van der Waals surface area contributed by atoms with Gasteiger partial charge in [-0.3, -0.25) is 4.79 Å². The van der Waals surface area contributed by atoms with Crippen LogP contribution < -0.4 is 5.73 Å². The third-order valence-corrected chi connectivity index (χ3v) is 3.60. The molecule has 2 unspecified atom stereocenters. The van der Waals surface area contributed by atoms with E-state index < -0.39 is 11.7 Å². The molecule has 2 rings (SSSR count). The quantitative estimate of drug-likeness (QED) is 0.807. The minimum atomic E-state index is -4.24. The second-order valence-corrected chi connectivity index (χ2v) is 4.98. The Balaban J connectivity index is 0.000000612. The number of hydrogen-bond acceptors (Lipinski definition) is 2. The van der Waals surface area contributed by atoms with Gasteiger partial charge in [0, 0.05) is 12.6 Å². The fourth-order valence-electron chi connectivity index (χ4n) is 2.38. The minimum absolute atomic E-state index is 0.250. The van der Waals surface area contributed by atoms with Gasteiger partial charge in [0.05, 0.1) is 5.56 Å². The Morgan fingerprint density at radius 1 is 1.30 bits per heavy atom. The number of carbonyl (C=O) groups is 1. The first-order chi connectivity index (χ1) is 9.29. The van der Waals surface area contributed by atoms with E-state index in [9.17, 15) is 13.2 Å². The Bertz CT molecular complexity index is 421. The number of likely N-dealkylation sites (N-methyl/N-ethyl adjacent to an activating group) is 1. The molecule has 1 saturated heterocycles. The minimum Gasteiger partial charge on any atom is -0.372 e. The zero-order valence-electron chi connectivity index (χ0n) is 11.5. The number of amides is 1. The van der Waals surface area contributed by atoms with Gasteiger partial charge < -0.3 is 10.6 Å². The average Bonchev–Trinajstić information content (AvgIpc) is 2.70. The summed E-state index contributed by atoms with van der Waals surface area (Å²) >= 11 is 0. The van der Waals surface area contributed by atoms with Crippen molar-refractivity contribution < 1.29 is 18.0 Å². The van der Waals surface area contributed by atoms with Gasteiger partial charge in [-0.2, -0.15) is 13.2 Å². The highest BCUT2D eigenvalue weighted by atomic mass is 19.4. The third-order valence-electron chi connectivity index (χ3n) is 3.60. The molecule has 112 valence electrons. The lowest BCUT2D eigenvalue weighted by Gasteiger charge is -2.13. The van der Waals surface area contributed by atoms with Crippen LogP contribution >= 0.6 is 0 Å². The molecule has 0 spiro atoms. The summed E-state index contributed by atoms with van der Waals surface area (Å²) in [6.07, 6.45) is -2.97. The Kier molecular flexibility index (Phi) is 5.56. The van der Waals surface area contributed by atoms with E-state index >= 15 is 0 Å². The monoisotopic (exact) mass is 288 g/mol. The molecule has 0 aliphatic carbocycles. The van der Waals surface area contributed by atoms with Crippen LogP contribution in [0.3, 0.4) is 0 Å². The molecule has 1 fully saturated rings. The first-order valence-electron chi connectivity index (χ1n) is 6.32. The van der Waals surface area contributed by atoms with Crippen molar-refractivity contribution in [1.29, 1.82) is 0 Å². The van der Waals surface area contributed by atoms with Crippen molar-refractivity contribution in [2.75, 3.05) is 13.6 Å². The average molecular weight is 288 g/mol. The van der Waals surface area contributed by atoms with Crippen LogP contribution in [0.25, 0.3) is 0 Å². The van der Waals surface area contributed by atoms with Gasteiger partial charge in [0.25, 0.3) is 0 Å². The zero-order valence-corrected chi connectivity index (χ0v) is 11.5. The second-order valence-electron chi connectivity index (χ2n) is 4.98. The molecule has 20 heavy (non-hydrogen) atoms. The molecule has 2 atom stereocenters. The number of primary amides is 1. The van der Waals surface area contributed by atoms with E-state index in [-0.39, 0.29) is 6.41 Å². The van der Waals surface area contributed by atoms with Crippen LogP contribution in [0.1, 0.15) is 30.4 Å². The fraction of sp³-hybridized carbons (Fsp3) is 0.500. The van der Waals surface area contributed by atoms with Crippen LogP contribution in [0.15, 0.2) is 24.3 Å². The smallest absolute Gasteiger partial charge is 0.372 e. The summed E-state index contributed by atoms with van der Waals surface area (Å²) in [5.74, 6) is 0.359. The van der Waals surface area contributed by atoms with E-state index in [1.165, 1.54) is 12.1 Å². The van der Waals surface area contributed by atoms with Crippen molar-refractivity contribution >= 4 is 6.41 Å². The Hall–Kier alpha value is -1.56. The molecule has 1 aliphatic heterocycles. The number of carbonyl (C=O) groups excluding carboxylic acids is 1. The summed E-state index contributed by atoms with van der Waals surface area (Å²) in [6, 6.07) is 6.08. The number of nitrogens with two attached hydrogens (primary N) is 1. The molecular formula is C14H19F3N2O. The first-order valence-corrected chi connectivity index (χ1v) is 6.32. The molecular weight excluding hydrogens is 269 g/mol. The number of alkyl halides is 3. The van der Waals surface area contributed by atoms with Crippen molar-refractivity contribution in [3.8, 4) is 0 Å². The van der Waals surface area contributed by atoms with Gasteiger partial charge in [0.1, 0.15) is 0 Å². The Labute approximate surface area is 116 Å². The van der Waals surface area contributed by atoms with Gasteiger partial charge in [-0.05, 0) is 44.0 Å². The highest BCUT2D eigenvalue weighted by molar-refractivity contribution is 5.42. The van der Waals surface area contributed by atoms with Gasteiger partial charge in [-0.15, -0.1) is 0 Å². The molecule has 3 nitrogen and oxygen atoms in total. The number of nitrogens with zero attached hydrogens (tertiary/aromatic N) is 1. The van der Waals surface area contributed by atoms with Gasteiger partial charge >= 0.3 is 6.18 Å². The Morgan fingerprint density at radius 3 is 2.15 bits per heavy atom. The molecule has 2 N–H and O–H groups in total. The van der Waals surface area contributed by atoms with Crippen LogP contribution in [-0.4, -0.2) is 30.9 Å². The number of rotatable bonds is 1. The molecule has 0 bridgehead atoms. The van der Waals surface area contributed by atoms with Gasteiger partial charge in [0.15, 0.2) is 0 Å². The zero-order chi connectivity index (χ0) is 15.3. The normalized spacial score (nSPS) is 23.1. The standard InChI is InChI=1S/C13H16F3N.CH3NO/c1-9-7-11(8-17(9)2)10-3-5-12(6-4-10)13(14,15)16;2-1-3/h3-6,9,11H,7-8H2,1-2H3;1H,(H2,2,3). The maximum Gasteiger partial charge on any atom is 0.416 e. The maximum atomic E-state index is 12.4. The highest BCUT2D eigenvalue weighted by Gasteiger charge is 2.31. The van der Waals surface area contributed by atoms with E-state index in [1.54, 1.807) is 12.1 Å². The predicted octanol–water partition coefficient (Wildman–Crippen LogP) is 2.61. The topological polar surface area (TPSA) is 46.3 Å². The SMILES string of the molecule is CC1CC(c2ccc(C(F)(F)F)cc2)CN1C.NC=O. The summed E-state index contributed by atoms with van der Waals surface area (Å²) in [7, 11) is 2.05. The van der Waals surface area contributed by atoms with Crippen LogP contribution in [0.2, 0.25) is 0 Å². The number of halogens is 3. The van der Waals surface area contributed by atoms with Gasteiger partial charge in [-0.1, -0.05) is 12.1 Å². The van der Waals surface area contributed by atoms with E-state index in [4.69, 9.17) is 4.79 Å². The predicted molar refractivity (Wildman–Crippen MR) is 71.1 cm³/mol. The van der Waals surface area contributed by atoms with Crippen LogP contribution in [0, 0.1) is 0 Å². The van der Waals surface area contributed by atoms with Crippen molar-refractivity contribution in [2.45, 2.75) is 31.5 Å². The summed E-state index contributed by atoms with van der Waals surface area (Å²) < 4.78 is 37.2. The molecule has 0 radical (unpaired) electrons. The van der Waals surface area contributed by atoms with E-state index in [0.717, 1.165) is 18.5 Å². The number of likely N-dealkylation sites (tertiary alicyclic amines) is 1. The first kappa shape index (κ1) is 16.5. The van der Waals surface area contributed by atoms with E-state index in [0.29, 0.717) is 12.0 Å². The third kappa shape index (κ3) is 4.23. The second kappa shape index (κ2) is 6.74. The van der Waals surface area contributed by atoms with Crippen molar-refractivity contribution in [3.05, 3.63) is 35.4 Å². The lowest BCUT2D eigenvalue weighted by Crippen LogP contribution is -2.21. The molecule has 1 aromatic rings. The molecule has 0 saturated carbocycles. The Morgan fingerprint density at radius 2 is 1.80 bits per heavy atom. The lowest BCUT2D eigenvalue weighted by atomic mass is 9.96. The van der Waals surface area contributed by atoms with Crippen LogP contribution in [0.4, 0.5) is 13.2 Å². The van der Waals surface area contributed by atoms with Gasteiger partial charge in [-0.25, -0.2) is 0 Å². The molecule has 0 aromatic heterocycles. The summed E-state index contributed by atoms with van der Waals surface area (Å²) in [6.45, 7) is 3.07. The fourth-order valence-corrected chi connectivity index (χ4v) is 2.38. The van der Waals surface area contributed by atoms with Gasteiger partial charge in [0.2, 0.25) is 6.41 Å². The lowest BCUT2D eigenvalue weighted by molar-refractivity contribution is -0.137. The van der Waals surface area contributed by atoms with Crippen molar-refractivity contribution in [2.24, 2.45) is 5.73 Å². The largest absolute Gasteiger partial charge is 0.416 e. The summed E-state index contributed by atoms with van der Waals surface area (Å²) in [5, 5.41) is 0. The van der Waals surface area contributed by atoms with Crippen LogP contribution in [0.5, 0.6) is 0 Å². The molecule has 1 amide bonds. The van der Waals surface area contributed by atoms with Crippen molar-refractivity contribution in [3.63, 3.8) is 0 Å². The maximum absolute atomic E-state index is 12.4. The molecule has 1 heterocycles. The summed E-state index contributed by atoms with van der Waals surface area (Å²) in [4.78, 5) is 10.8. The van der Waals surface area contributed by atoms with E-state index in [1.807, 2.05) is 0 Å². The molecule has 1 aliphatic rings.